The topological polar surface area (TPSA) is 84.7 Å². The molecule has 1 aliphatic rings. The van der Waals surface area contributed by atoms with Crippen molar-refractivity contribution in [3.63, 3.8) is 0 Å². The number of carboxylic acids is 1. The standard InChI is InChI=1S/C14H21N3O4/c1-11(17-7-2-6-15-17)14(20)16-8-3-12(4-9-16)21-10-5-13(18)19/h2,6-7,11-12H,3-5,8-10H2,1H3,(H,18,19). The molecular weight excluding hydrogens is 274 g/mol. The van der Waals surface area contributed by atoms with E-state index in [-0.39, 0.29) is 31.1 Å². The predicted molar refractivity (Wildman–Crippen MR) is 74.7 cm³/mol. The summed E-state index contributed by atoms with van der Waals surface area (Å²) in [6, 6.07) is 1.50. The maximum absolute atomic E-state index is 12.4. The number of carboxylic acid groups (broad SMARTS) is 1. The average molecular weight is 295 g/mol. The zero-order valence-corrected chi connectivity index (χ0v) is 12.1. The van der Waals surface area contributed by atoms with Crippen molar-refractivity contribution in [3.05, 3.63) is 18.5 Å². The number of aromatic nitrogens is 2. The molecule has 1 aromatic heterocycles. The molecule has 0 spiro atoms. The fourth-order valence-corrected chi connectivity index (χ4v) is 2.44. The van der Waals surface area contributed by atoms with E-state index in [2.05, 4.69) is 5.10 Å². The third-order valence-electron chi connectivity index (χ3n) is 3.70. The third kappa shape index (κ3) is 4.29. The lowest BCUT2D eigenvalue weighted by molar-refractivity contribution is -0.139. The Bertz CT molecular complexity index is 467. The number of piperidine rings is 1. The molecule has 1 unspecified atom stereocenters. The summed E-state index contributed by atoms with van der Waals surface area (Å²) < 4.78 is 7.17. The molecule has 0 radical (unpaired) electrons. The Labute approximate surface area is 123 Å². The molecule has 2 rings (SSSR count). The number of amides is 1. The van der Waals surface area contributed by atoms with Gasteiger partial charge in [0.05, 0.1) is 19.1 Å². The summed E-state index contributed by atoms with van der Waals surface area (Å²) in [5.74, 6) is -0.793. The van der Waals surface area contributed by atoms with Gasteiger partial charge in [-0.25, -0.2) is 0 Å². The van der Waals surface area contributed by atoms with Crippen LogP contribution in [-0.2, 0) is 14.3 Å². The maximum atomic E-state index is 12.4. The first-order valence-electron chi connectivity index (χ1n) is 7.19. The number of carbonyl (C=O) groups is 2. The molecule has 1 amide bonds. The highest BCUT2D eigenvalue weighted by Gasteiger charge is 2.27. The summed E-state index contributed by atoms with van der Waals surface area (Å²) in [6.45, 7) is 3.35. The van der Waals surface area contributed by atoms with Crippen LogP contribution in [0.3, 0.4) is 0 Å². The zero-order chi connectivity index (χ0) is 15.2. The minimum atomic E-state index is -0.851. The molecule has 2 heterocycles. The van der Waals surface area contributed by atoms with Gasteiger partial charge in [0.1, 0.15) is 6.04 Å². The highest BCUT2D eigenvalue weighted by molar-refractivity contribution is 5.80. The van der Waals surface area contributed by atoms with E-state index >= 15 is 0 Å². The van der Waals surface area contributed by atoms with Crippen LogP contribution in [0.2, 0.25) is 0 Å². The van der Waals surface area contributed by atoms with Gasteiger partial charge in [0.2, 0.25) is 5.91 Å². The molecule has 0 aromatic carbocycles. The van der Waals surface area contributed by atoms with Crippen LogP contribution in [0.4, 0.5) is 0 Å². The van der Waals surface area contributed by atoms with Crippen LogP contribution >= 0.6 is 0 Å². The normalized spacial score (nSPS) is 17.7. The van der Waals surface area contributed by atoms with Crippen LogP contribution in [0.25, 0.3) is 0 Å². The van der Waals surface area contributed by atoms with E-state index in [1.165, 1.54) is 0 Å². The Morgan fingerprint density at radius 3 is 2.71 bits per heavy atom. The number of likely N-dealkylation sites (tertiary alicyclic amines) is 1. The van der Waals surface area contributed by atoms with Crippen LogP contribution in [0.15, 0.2) is 18.5 Å². The van der Waals surface area contributed by atoms with Gasteiger partial charge in [-0.1, -0.05) is 0 Å². The van der Waals surface area contributed by atoms with Gasteiger partial charge < -0.3 is 14.7 Å². The van der Waals surface area contributed by atoms with E-state index in [0.717, 1.165) is 12.8 Å². The van der Waals surface area contributed by atoms with Gasteiger partial charge in [-0.2, -0.15) is 5.10 Å². The second kappa shape index (κ2) is 7.21. The van der Waals surface area contributed by atoms with E-state index in [4.69, 9.17) is 9.84 Å². The molecule has 1 aromatic rings. The number of carbonyl (C=O) groups excluding carboxylic acids is 1. The molecule has 1 N–H and O–H groups in total. The maximum Gasteiger partial charge on any atom is 0.305 e. The lowest BCUT2D eigenvalue weighted by Gasteiger charge is -2.33. The Balaban J connectivity index is 1.75. The van der Waals surface area contributed by atoms with Crippen molar-refractivity contribution in [2.45, 2.75) is 38.3 Å². The number of hydrogen-bond acceptors (Lipinski definition) is 4. The molecule has 116 valence electrons. The molecule has 0 bridgehead atoms. The summed E-state index contributed by atoms with van der Waals surface area (Å²) in [5.41, 5.74) is 0. The Hall–Kier alpha value is -1.89. The van der Waals surface area contributed by atoms with Crippen molar-refractivity contribution in [2.75, 3.05) is 19.7 Å². The van der Waals surface area contributed by atoms with Gasteiger partial charge in [-0.05, 0) is 25.8 Å². The lowest BCUT2D eigenvalue weighted by Crippen LogP contribution is -2.43. The molecule has 21 heavy (non-hydrogen) atoms. The van der Waals surface area contributed by atoms with Crippen molar-refractivity contribution in [3.8, 4) is 0 Å². The highest BCUT2D eigenvalue weighted by atomic mass is 16.5. The van der Waals surface area contributed by atoms with Crippen molar-refractivity contribution in [2.24, 2.45) is 0 Å². The van der Waals surface area contributed by atoms with E-state index in [1.54, 1.807) is 23.1 Å². The molecule has 1 aliphatic heterocycles. The summed E-state index contributed by atoms with van der Waals surface area (Å²) >= 11 is 0. The second-order valence-electron chi connectivity index (χ2n) is 5.20. The minimum Gasteiger partial charge on any atom is -0.481 e. The molecule has 7 heteroatoms. The van der Waals surface area contributed by atoms with Crippen LogP contribution < -0.4 is 0 Å². The number of hydrogen-bond donors (Lipinski definition) is 1. The smallest absolute Gasteiger partial charge is 0.305 e. The monoisotopic (exact) mass is 295 g/mol. The summed E-state index contributed by atoms with van der Waals surface area (Å²) in [4.78, 5) is 24.6. The first-order chi connectivity index (χ1) is 10.1. The summed E-state index contributed by atoms with van der Waals surface area (Å²) in [5, 5.41) is 12.7. The van der Waals surface area contributed by atoms with Crippen LogP contribution in [0.5, 0.6) is 0 Å². The predicted octanol–water partition coefficient (Wildman–Crippen LogP) is 0.926. The van der Waals surface area contributed by atoms with Gasteiger partial charge in [0.25, 0.3) is 0 Å². The quantitative estimate of drug-likeness (QED) is 0.844. The molecule has 1 saturated heterocycles. The van der Waals surface area contributed by atoms with Crippen molar-refractivity contribution in [1.29, 1.82) is 0 Å². The van der Waals surface area contributed by atoms with Crippen molar-refractivity contribution in [1.82, 2.24) is 14.7 Å². The first-order valence-corrected chi connectivity index (χ1v) is 7.19. The van der Waals surface area contributed by atoms with Gasteiger partial charge in [-0.15, -0.1) is 0 Å². The SMILES string of the molecule is CC(C(=O)N1CCC(OCCC(=O)O)CC1)n1cccn1. The van der Waals surface area contributed by atoms with Crippen LogP contribution in [0.1, 0.15) is 32.2 Å². The largest absolute Gasteiger partial charge is 0.481 e. The van der Waals surface area contributed by atoms with E-state index in [0.29, 0.717) is 13.1 Å². The van der Waals surface area contributed by atoms with Gasteiger partial charge >= 0.3 is 5.97 Å². The second-order valence-corrected chi connectivity index (χ2v) is 5.20. The van der Waals surface area contributed by atoms with Gasteiger partial charge in [-0.3, -0.25) is 14.3 Å². The van der Waals surface area contributed by atoms with E-state index < -0.39 is 5.97 Å². The number of rotatable bonds is 6. The number of aliphatic carboxylic acids is 1. The summed E-state index contributed by atoms with van der Waals surface area (Å²) in [6.07, 6.45) is 5.01. The number of nitrogens with zero attached hydrogens (tertiary/aromatic N) is 3. The molecule has 7 nitrogen and oxygen atoms in total. The first kappa shape index (κ1) is 15.5. The zero-order valence-electron chi connectivity index (χ0n) is 12.1. The molecular formula is C14H21N3O4. The minimum absolute atomic E-state index is 0.0233. The van der Waals surface area contributed by atoms with Crippen molar-refractivity contribution >= 4 is 11.9 Å². The van der Waals surface area contributed by atoms with Crippen LogP contribution in [0, 0.1) is 0 Å². The fourth-order valence-electron chi connectivity index (χ4n) is 2.44. The lowest BCUT2D eigenvalue weighted by atomic mass is 10.1. The van der Waals surface area contributed by atoms with Crippen LogP contribution in [-0.4, -0.2) is 57.5 Å². The van der Waals surface area contributed by atoms with Crippen molar-refractivity contribution < 1.29 is 19.4 Å². The Kier molecular flexibility index (Phi) is 5.32. The molecule has 1 atom stereocenters. The highest BCUT2D eigenvalue weighted by Crippen LogP contribution is 2.17. The molecule has 0 saturated carbocycles. The Morgan fingerprint density at radius 2 is 2.14 bits per heavy atom. The third-order valence-corrected chi connectivity index (χ3v) is 3.70. The Morgan fingerprint density at radius 1 is 1.43 bits per heavy atom. The fraction of sp³-hybridized carbons (Fsp3) is 0.643. The summed E-state index contributed by atoms with van der Waals surface area (Å²) in [7, 11) is 0. The molecule has 1 fully saturated rings. The molecule has 0 aliphatic carbocycles. The van der Waals surface area contributed by atoms with Gasteiger partial charge in [0.15, 0.2) is 0 Å². The number of ether oxygens (including phenoxy) is 1. The van der Waals surface area contributed by atoms with E-state index in [9.17, 15) is 9.59 Å². The van der Waals surface area contributed by atoms with E-state index in [1.807, 2.05) is 11.8 Å². The van der Waals surface area contributed by atoms with Gasteiger partial charge in [0, 0.05) is 25.5 Å². The average Bonchev–Trinajstić information content (AvgIpc) is 3.00.